The van der Waals surface area contributed by atoms with Crippen LogP contribution in [0, 0.1) is 0 Å². The Morgan fingerprint density at radius 3 is 1.29 bits per heavy atom. The summed E-state index contributed by atoms with van der Waals surface area (Å²) in [5, 5.41) is 61.8. The van der Waals surface area contributed by atoms with Crippen molar-refractivity contribution in [1.29, 1.82) is 0 Å². The van der Waals surface area contributed by atoms with Crippen LogP contribution in [-0.4, -0.2) is 90.4 Å². The second kappa shape index (κ2) is 31.5. The van der Waals surface area contributed by atoms with Crippen molar-refractivity contribution in [3.63, 3.8) is 0 Å². The lowest BCUT2D eigenvalue weighted by Gasteiger charge is -2.39. The lowest BCUT2D eigenvalue weighted by Crippen LogP contribution is -2.69. The van der Waals surface area contributed by atoms with Crippen molar-refractivity contribution in [1.82, 2.24) is 0 Å². The molecular weight excluding hydrogens is 664 g/mol. The van der Waals surface area contributed by atoms with Crippen molar-refractivity contribution < 1.29 is 49.8 Å². The van der Waals surface area contributed by atoms with Gasteiger partial charge in [-0.2, -0.15) is 0 Å². The molecule has 0 rings (SSSR count). The average Bonchev–Trinajstić information content (AvgIpc) is 3.15. The predicted octanol–water partition coefficient (Wildman–Crippen LogP) is 6.95. The van der Waals surface area contributed by atoms with Gasteiger partial charge in [0, 0.05) is 25.7 Å². The summed E-state index contributed by atoms with van der Waals surface area (Å²) >= 11 is 0. The first-order chi connectivity index (χ1) is 25.0. The fourth-order valence-corrected chi connectivity index (χ4v) is 6.59. The second-order valence-corrected chi connectivity index (χ2v) is 14.8. The van der Waals surface area contributed by atoms with Gasteiger partial charge in [-0.05, 0) is 38.5 Å². The van der Waals surface area contributed by atoms with E-state index in [0.29, 0.717) is 19.3 Å². The van der Waals surface area contributed by atoms with Crippen LogP contribution in [0.5, 0.6) is 0 Å². The van der Waals surface area contributed by atoms with Crippen LogP contribution >= 0.6 is 0 Å². The molecule has 0 amide bonds. The van der Waals surface area contributed by atoms with Gasteiger partial charge in [0.1, 0.15) is 12.2 Å². The molecule has 0 spiro atoms. The number of carbonyl (C=O) groups is 4. The van der Waals surface area contributed by atoms with Gasteiger partial charge < -0.3 is 30.6 Å². The van der Waals surface area contributed by atoms with E-state index in [1.807, 2.05) is 0 Å². The molecule has 0 aliphatic heterocycles. The third kappa shape index (κ3) is 20.0. The van der Waals surface area contributed by atoms with Crippen LogP contribution < -0.4 is 0 Å². The molecule has 6 N–H and O–H groups in total. The summed E-state index contributed by atoms with van der Waals surface area (Å²) in [6.45, 7) is 2.12. The smallest absolute Gasteiger partial charge is 0.219 e. The van der Waals surface area contributed by atoms with Gasteiger partial charge in [-0.1, -0.05) is 142 Å². The molecule has 10 nitrogen and oxygen atoms in total. The van der Waals surface area contributed by atoms with Gasteiger partial charge in [0.25, 0.3) is 0 Å². The topological polar surface area (TPSA) is 190 Å². The van der Waals surface area contributed by atoms with E-state index in [0.717, 1.165) is 57.8 Å². The molecule has 0 aromatic carbocycles. The number of aliphatic hydroxyl groups is 6. The standard InChI is InChI=1S/C42H76O10/c1-3-5-7-9-11-13-15-17-19-21-23-25-27-29-37(47)41(51,34-44)42(52,39(49)32-31-35(45)40(50)36(46)33-43)38(48)30-28-26-24-22-20-18-16-14-12-10-8-6-4-2/h14,16,36,40,43-44,46,50-52H,3-13,15,17-34H2,1-2H3/b16-14+. The van der Waals surface area contributed by atoms with Crippen molar-refractivity contribution in [3.8, 4) is 0 Å². The van der Waals surface area contributed by atoms with Crippen molar-refractivity contribution in [2.75, 3.05) is 13.2 Å². The maximum absolute atomic E-state index is 13.5. The summed E-state index contributed by atoms with van der Waals surface area (Å²) < 4.78 is 0. The number of Topliss-reactive ketones (excluding diaryl/α,β-unsaturated/α-hetero) is 4. The van der Waals surface area contributed by atoms with Crippen LogP contribution in [0.15, 0.2) is 12.2 Å². The molecule has 0 bridgehead atoms. The van der Waals surface area contributed by atoms with Crippen LogP contribution in [0.4, 0.5) is 0 Å². The summed E-state index contributed by atoms with van der Waals surface area (Å²) in [6.07, 6.45) is 23.1. The Labute approximate surface area is 314 Å². The van der Waals surface area contributed by atoms with E-state index in [9.17, 15) is 44.7 Å². The SMILES string of the molecule is CCCCCC/C=C/CCCCCCCC(=O)C(O)(C(=O)CCC(=O)C(O)C(O)CO)C(O)(CO)C(=O)CCCCCCCCCCCCCCC. The maximum atomic E-state index is 13.5. The zero-order chi connectivity index (χ0) is 39.1. The van der Waals surface area contributed by atoms with Gasteiger partial charge in [0.2, 0.25) is 5.60 Å². The largest absolute Gasteiger partial charge is 0.394 e. The van der Waals surface area contributed by atoms with E-state index in [1.165, 1.54) is 70.6 Å². The molecule has 0 saturated carbocycles. The Kier molecular flexibility index (Phi) is 30.4. The normalized spacial score (nSPS) is 15.3. The molecule has 4 atom stereocenters. The fourth-order valence-electron chi connectivity index (χ4n) is 6.59. The first-order valence-corrected chi connectivity index (χ1v) is 20.8. The van der Waals surface area contributed by atoms with Gasteiger partial charge in [-0.15, -0.1) is 0 Å². The Balaban J connectivity index is 5.17. The van der Waals surface area contributed by atoms with Crippen LogP contribution in [-0.2, 0) is 19.2 Å². The highest BCUT2D eigenvalue weighted by Crippen LogP contribution is 2.32. The Morgan fingerprint density at radius 1 is 0.500 bits per heavy atom. The van der Waals surface area contributed by atoms with Gasteiger partial charge >= 0.3 is 0 Å². The van der Waals surface area contributed by atoms with Gasteiger partial charge in [-0.3, -0.25) is 19.2 Å². The average molecular weight is 741 g/mol. The summed E-state index contributed by atoms with van der Waals surface area (Å²) in [7, 11) is 0. The third-order valence-electron chi connectivity index (χ3n) is 10.2. The molecule has 0 saturated heterocycles. The van der Waals surface area contributed by atoms with Crippen molar-refractivity contribution in [3.05, 3.63) is 12.2 Å². The number of aliphatic hydroxyl groups excluding tert-OH is 4. The lowest BCUT2D eigenvalue weighted by molar-refractivity contribution is -0.194. The second-order valence-electron chi connectivity index (χ2n) is 14.8. The number of ketones is 4. The quantitative estimate of drug-likeness (QED) is 0.0220. The molecule has 4 unspecified atom stereocenters. The molecular formula is C42H76O10. The lowest BCUT2D eigenvalue weighted by atomic mass is 9.71. The minimum absolute atomic E-state index is 0.259. The number of rotatable bonds is 38. The van der Waals surface area contributed by atoms with E-state index >= 15 is 0 Å². The van der Waals surface area contributed by atoms with Crippen LogP contribution in [0.1, 0.15) is 194 Å². The third-order valence-corrected chi connectivity index (χ3v) is 10.2. The van der Waals surface area contributed by atoms with E-state index in [2.05, 4.69) is 26.0 Å². The van der Waals surface area contributed by atoms with Crippen molar-refractivity contribution >= 4 is 23.1 Å². The van der Waals surface area contributed by atoms with Crippen molar-refractivity contribution in [2.24, 2.45) is 0 Å². The predicted molar refractivity (Wildman–Crippen MR) is 206 cm³/mol. The zero-order valence-electron chi connectivity index (χ0n) is 32.8. The van der Waals surface area contributed by atoms with Crippen LogP contribution in [0.3, 0.4) is 0 Å². The molecule has 0 aromatic rings. The zero-order valence-corrected chi connectivity index (χ0v) is 32.8. The molecule has 0 aromatic heterocycles. The molecule has 10 heteroatoms. The van der Waals surface area contributed by atoms with Gasteiger partial charge in [0.15, 0.2) is 28.7 Å². The highest BCUT2D eigenvalue weighted by molar-refractivity contribution is 6.16. The molecule has 52 heavy (non-hydrogen) atoms. The Bertz CT molecular complexity index is 982. The molecule has 0 radical (unpaired) electrons. The number of hydrogen-bond acceptors (Lipinski definition) is 10. The molecule has 0 fully saturated rings. The highest BCUT2D eigenvalue weighted by atomic mass is 16.4. The van der Waals surface area contributed by atoms with Gasteiger partial charge in [-0.25, -0.2) is 0 Å². The monoisotopic (exact) mass is 741 g/mol. The van der Waals surface area contributed by atoms with E-state index in [1.54, 1.807) is 0 Å². The number of carbonyl (C=O) groups excluding carboxylic acids is 4. The van der Waals surface area contributed by atoms with E-state index in [-0.39, 0.29) is 19.3 Å². The molecule has 0 heterocycles. The van der Waals surface area contributed by atoms with E-state index in [4.69, 9.17) is 5.11 Å². The summed E-state index contributed by atoms with van der Waals surface area (Å²) in [5.74, 6) is -4.49. The fraction of sp³-hybridized carbons (Fsp3) is 0.857. The van der Waals surface area contributed by atoms with Crippen molar-refractivity contribution in [2.45, 2.75) is 217 Å². The number of unbranched alkanes of at least 4 members (excludes halogenated alkanes) is 21. The number of allylic oxidation sites excluding steroid dienone is 2. The van der Waals surface area contributed by atoms with Gasteiger partial charge in [0.05, 0.1) is 13.2 Å². The van der Waals surface area contributed by atoms with Crippen LogP contribution in [0.2, 0.25) is 0 Å². The Hall–Kier alpha value is -1.82. The highest BCUT2D eigenvalue weighted by Gasteiger charge is 2.62. The Morgan fingerprint density at radius 2 is 0.865 bits per heavy atom. The summed E-state index contributed by atoms with van der Waals surface area (Å²) in [6, 6.07) is 0. The number of hydrogen-bond donors (Lipinski definition) is 6. The first-order valence-electron chi connectivity index (χ1n) is 20.8. The molecule has 0 aliphatic carbocycles. The first kappa shape index (κ1) is 50.2. The summed E-state index contributed by atoms with van der Waals surface area (Å²) in [5.41, 5.74) is -6.40. The molecule has 304 valence electrons. The minimum atomic E-state index is -3.29. The maximum Gasteiger partial charge on any atom is 0.219 e. The van der Waals surface area contributed by atoms with Crippen LogP contribution in [0.25, 0.3) is 0 Å². The summed E-state index contributed by atoms with van der Waals surface area (Å²) in [4.78, 5) is 52.7. The van der Waals surface area contributed by atoms with E-state index < -0.39 is 72.6 Å². The minimum Gasteiger partial charge on any atom is -0.394 e. The molecule has 0 aliphatic rings.